The van der Waals surface area contributed by atoms with Crippen LogP contribution in [0.25, 0.3) is 10.8 Å². The zero-order valence-corrected chi connectivity index (χ0v) is 25.2. The largest absolute Gasteiger partial charge is 0.417 e. The van der Waals surface area contributed by atoms with Crippen molar-refractivity contribution in [1.82, 2.24) is 10.3 Å². The van der Waals surface area contributed by atoms with E-state index in [0.717, 1.165) is 34.7 Å². The van der Waals surface area contributed by atoms with Gasteiger partial charge in [-0.2, -0.15) is 18.3 Å². The van der Waals surface area contributed by atoms with Crippen molar-refractivity contribution in [2.45, 2.75) is 38.8 Å². The van der Waals surface area contributed by atoms with Gasteiger partial charge in [-0.1, -0.05) is 54.1 Å². The maximum atomic E-state index is 13.4. The fourth-order valence-electron chi connectivity index (χ4n) is 4.81. The zero-order valence-electron chi connectivity index (χ0n) is 24.5. The standard InChI is InChI=1S/C33H32ClF3N4O4/c1-20(42)17-41(18-21(2)43)19-23-6-5-9-26(12-23)31(44)39-30-15-25-8-4-3-7-24(25)14-27(30)32(45)40-38-16-22-10-11-29(34)28(13-22)33(35,36)37/h3-16,20-21,42-43H,17-19H2,1-2H3,(H,39,44)(H,40,45)/b38-16-. The molecule has 0 fully saturated rings. The number of rotatable bonds is 11. The van der Waals surface area contributed by atoms with E-state index >= 15 is 0 Å². The highest BCUT2D eigenvalue weighted by Gasteiger charge is 2.33. The molecule has 0 aromatic heterocycles. The molecule has 4 aromatic rings. The van der Waals surface area contributed by atoms with Crippen LogP contribution in [0, 0.1) is 0 Å². The van der Waals surface area contributed by atoms with Gasteiger partial charge in [-0.15, -0.1) is 0 Å². The molecule has 4 rings (SSSR count). The Hall–Kier alpha value is -4.29. The van der Waals surface area contributed by atoms with E-state index in [9.17, 15) is 33.0 Å². The van der Waals surface area contributed by atoms with E-state index in [1.54, 1.807) is 56.3 Å². The Kier molecular flexibility index (Phi) is 10.9. The lowest BCUT2D eigenvalue weighted by Crippen LogP contribution is -2.35. The first-order valence-corrected chi connectivity index (χ1v) is 14.4. The molecule has 2 unspecified atom stereocenters. The first-order valence-electron chi connectivity index (χ1n) is 14.0. The lowest BCUT2D eigenvalue weighted by atomic mass is 10.0. The van der Waals surface area contributed by atoms with Crippen LogP contribution in [-0.4, -0.2) is 58.4 Å². The molecule has 0 bridgehead atoms. The van der Waals surface area contributed by atoms with Crippen molar-refractivity contribution in [3.63, 3.8) is 0 Å². The van der Waals surface area contributed by atoms with Gasteiger partial charge in [0.25, 0.3) is 11.8 Å². The third-order valence-corrected chi connectivity index (χ3v) is 7.02. The van der Waals surface area contributed by atoms with Crippen molar-refractivity contribution in [3.05, 3.63) is 112 Å². The first kappa shape index (κ1) is 33.6. The molecule has 45 heavy (non-hydrogen) atoms. The second-order valence-electron chi connectivity index (χ2n) is 10.7. The van der Waals surface area contributed by atoms with Gasteiger partial charge in [-0.05, 0) is 72.1 Å². The second-order valence-corrected chi connectivity index (χ2v) is 11.1. The molecule has 8 nitrogen and oxygen atoms in total. The third-order valence-electron chi connectivity index (χ3n) is 6.69. The van der Waals surface area contributed by atoms with Gasteiger partial charge in [0.2, 0.25) is 0 Å². The number of aliphatic hydroxyl groups excluding tert-OH is 2. The Balaban J connectivity index is 1.56. The maximum Gasteiger partial charge on any atom is 0.417 e. The Morgan fingerprint density at radius 2 is 1.58 bits per heavy atom. The molecular formula is C33H32ClF3N4O4. The molecule has 236 valence electrons. The summed E-state index contributed by atoms with van der Waals surface area (Å²) in [6.07, 6.45) is -4.81. The number of halogens is 4. The smallest absolute Gasteiger partial charge is 0.392 e. The van der Waals surface area contributed by atoms with Gasteiger partial charge in [-0.3, -0.25) is 14.5 Å². The van der Waals surface area contributed by atoms with E-state index in [4.69, 9.17) is 11.6 Å². The van der Waals surface area contributed by atoms with Crippen LogP contribution in [0.15, 0.2) is 84.0 Å². The number of hydrazone groups is 1. The Labute approximate surface area is 263 Å². The summed E-state index contributed by atoms with van der Waals surface area (Å²) in [5.41, 5.74) is 2.75. The summed E-state index contributed by atoms with van der Waals surface area (Å²) in [6, 6.07) is 20.6. The highest BCUT2D eigenvalue weighted by atomic mass is 35.5. The molecular weight excluding hydrogens is 609 g/mol. The normalized spacial score (nSPS) is 13.3. The number of anilines is 1. The van der Waals surface area contributed by atoms with Crippen molar-refractivity contribution in [2.75, 3.05) is 18.4 Å². The van der Waals surface area contributed by atoms with E-state index in [-0.39, 0.29) is 16.8 Å². The van der Waals surface area contributed by atoms with E-state index in [2.05, 4.69) is 15.8 Å². The minimum absolute atomic E-state index is 0.0689. The molecule has 12 heteroatoms. The fraction of sp³-hybridized carbons (Fsp3) is 0.242. The lowest BCUT2D eigenvalue weighted by molar-refractivity contribution is -0.137. The van der Waals surface area contributed by atoms with Crippen LogP contribution in [-0.2, 0) is 12.7 Å². The van der Waals surface area contributed by atoms with Gasteiger partial charge in [0.1, 0.15) is 0 Å². The Bertz CT molecular complexity index is 1700. The molecule has 2 atom stereocenters. The monoisotopic (exact) mass is 640 g/mol. The molecule has 0 saturated carbocycles. The number of carbonyl (C=O) groups excluding carboxylic acids is 2. The van der Waals surface area contributed by atoms with Crippen LogP contribution < -0.4 is 10.7 Å². The van der Waals surface area contributed by atoms with Crippen LogP contribution in [0.5, 0.6) is 0 Å². The minimum atomic E-state index is -4.66. The molecule has 0 radical (unpaired) electrons. The highest BCUT2D eigenvalue weighted by Crippen LogP contribution is 2.35. The summed E-state index contributed by atoms with van der Waals surface area (Å²) in [5.74, 6) is -1.18. The van der Waals surface area contributed by atoms with E-state index in [0.29, 0.717) is 25.2 Å². The van der Waals surface area contributed by atoms with E-state index < -0.39 is 40.8 Å². The SMILES string of the molecule is CC(O)CN(Cc1cccc(C(=O)Nc2cc3ccccc3cc2C(=O)N/N=C\c2ccc(Cl)c(C(F)(F)F)c2)c1)CC(C)O. The predicted molar refractivity (Wildman–Crippen MR) is 168 cm³/mol. The summed E-state index contributed by atoms with van der Waals surface area (Å²) in [4.78, 5) is 28.5. The molecule has 0 heterocycles. The molecule has 0 aliphatic carbocycles. The molecule has 4 N–H and O–H groups in total. The summed E-state index contributed by atoms with van der Waals surface area (Å²) < 4.78 is 39.6. The summed E-state index contributed by atoms with van der Waals surface area (Å²) >= 11 is 5.67. The van der Waals surface area contributed by atoms with Gasteiger partial charge >= 0.3 is 6.18 Å². The molecule has 0 spiro atoms. The number of fused-ring (bicyclic) bond motifs is 1. The zero-order chi connectivity index (χ0) is 32.7. The van der Waals surface area contributed by atoms with Gasteiger partial charge in [0.15, 0.2) is 0 Å². The van der Waals surface area contributed by atoms with Gasteiger partial charge < -0.3 is 15.5 Å². The van der Waals surface area contributed by atoms with E-state index in [1.807, 2.05) is 23.1 Å². The summed E-state index contributed by atoms with van der Waals surface area (Å²) in [7, 11) is 0. The van der Waals surface area contributed by atoms with Crippen LogP contribution in [0.1, 0.15) is 51.3 Å². The molecule has 0 aliphatic heterocycles. The lowest BCUT2D eigenvalue weighted by Gasteiger charge is -2.25. The number of carbonyl (C=O) groups is 2. The van der Waals surface area contributed by atoms with Crippen molar-refractivity contribution < 1.29 is 33.0 Å². The van der Waals surface area contributed by atoms with Gasteiger partial charge in [0.05, 0.1) is 40.3 Å². The van der Waals surface area contributed by atoms with Crippen molar-refractivity contribution in [1.29, 1.82) is 0 Å². The van der Waals surface area contributed by atoms with Crippen molar-refractivity contribution in [2.24, 2.45) is 5.10 Å². The number of benzene rings is 4. The number of alkyl halides is 3. The number of nitrogens with zero attached hydrogens (tertiary/aromatic N) is 2. The second kappa shape index (κ2) is 14.7. The number of hydrogen-bond donors (Lipinski definition) is 4. The molecule has 0 saturated heterocycles. The van der Waals surface area contributed by atoms with Gasteiger partial charge in [-0.25, -0.2) is 5.43 Å². The highest BCUT2D eigenvalue weighted by molar-refractivity contribution is 6.31. The average Bonchev–Trinajstić information content (AvgIpc) is 2.96. The summed E-state index contributed by atoms with van der Waals surface area (Å²) in [6.45, 7) is 4.37. The van der Waals surface area contributed by atoms with E-state index in [1.165, 1.54) is 6.07 Å². The quantitative estimate of drug-likeness (QED) is 0.117. The fourth-order valence-corrected chi connectivity index (χ4v) is 5.04. The van der Waals surface area contributed by atoms with Crippen LogP contribution >= 0.6 is 11.6 Å². The predicted octanol–water partition coefficient (Wildman–Crippen LogP) is 6.09. The molecule has 4 aromatic carbocycles. The van der Waals surface area contributed by atoms with Crippen molar-refractivity contribution >= 4 is 46.1 Å². The van der Waals surface area contributed by atoms with Gasteiger partial charge in [0, 0.05) is 25.2 Å². The number of amides is 2. The number of nitrogens with one attached hydrogen (secondary N) is 2. The molecule has 0 aliphatic rings. The van der Waals surface area contributed by atoms with Crippen LogP contribution in [0.2, 0.25) is 5.02 Å². The minimum Gasteiger partial charge on any atom is -0.392 e. The van der Waals surface area contributed by atoms with Crippen LogP contribution in [0.3, 0.4) is 0 Å². The number of hydrogen-bond acceptors (Lipinski definition) is 6. The first-order chi connectivity index (χ1) is 21.3. The van der Waals surface area contributed by atoms with Crippen molar-refractivity contribution in [3.8, 4) is 0 Å². The summed E-state index contributed by atoms with van der Waals surface area (Å²) in [5, 5.41) is 27.3. The third kappa shape index (κ3) is 9.35. The van der Waals surface area contributed by atoms with Crippen LogP contribution in [0.4, 0.5) is 18.9 Å². The Morgan fingerprint density at radius 1 is 0.911 bits per heavy atom. The topological polar surface area (TPSA) is 114 Å². The maximum absolute atomic E-state index is 13.4. The average molecular weight is 641 g/mol. The number of aliphatic hydroxyl groups is 2. The molecule has 2 amide bonds. The Morgan fingerprint density at radius 3 is 2.22 bits per heavy atom.